The fourth-order valence-corrected chi connectivity index (χ4v) is 3.73. The Morgan fingerprint density at radius 1 is 0.731 bits per heavy atom. The van der Waals surface area contributed by atoms with Crippen molar-refractivity contribution < 1.29 is 14.2 Å². The lowest BCUT2D eigenvalue weighted by Gasteiger charge is -2.39. The third-order valence-electron chi connectivity index (χ3n) is 5.22. The molecule has 0 N–H and O–H groups in total. The van der Waals surface area contributed by atoms with Crippen molar-refractivity contribution in [3.63, 3.8) is 0 Å². The molecule has 26 heavy (non-hydrogen) atoms. The summed E-state index contributed by atoms with van der Waals surface area (Å²) in [6.45, 7) is 0.600. The lowest BCUT2D eigenvalue weighted by Crippen LogP contribution is -2.40. The van der Waals surface area contributed by atoms with Gasteiger partial charge in [0.2, 0.25) is 0 Å². The minimum Gasteiger partial charge on any atom is -0.497 e. The maximum atomic E-state index is 6.20. The van der Waals surface area contributed by atoms with E-state index in [4.69, 9.17) is 14.2 Å². The second-order valence-electron chi connectivity index (χ2n) is 6.61. The Morgan fingerprint density at radius 3 is 1.81 bits per heavy atom. The molecule has 0 aromatic heterocycles. The third kappa shape index (κ3) is 2.80. The molecule has 0 aliphatic carbocycles. The van der Waals surface area contributed by atoms with Crippen LogP contribution in [-0.2, 0) is 11.8 Å². The highest BCUT2D eigenvalue weighted by molar-refractivity contribution is 5.49. The molecule has 0 saturated carbocycles. The van der Waals surface area contributed by atoms with E-state index >= 15 is 0 Å². The van der Waals surface area contributed by atoms with Crippen molar-refractivity contribution >= 4 is 0 Å². The Balaban J connectivity index is 1.83. The molecule has 3 aromatic rings. The summed E-state index contributed by atoms with van der Waals surface area (Å²) >= 11 is 0. The van der Waals surface area contributed by atoms with E-state index in [9.17, 15) is 0 Å². The standard InChI is InChI=1S/C23H22O3/c1-24-20-11-7-18(8-12-20)23(19-9-13-21(25-2)14-10-19)15-17-5-3-4-6-22(17)26-16-23/h3-14H,15-16H2,1-2H3. The van der Waals surface area contributed by atoms with Crippen LogP contribution in [0, 0.1) is 0 Å². The summed E-state index contributed by atoms with van der Waals surface area (Å²) in [5, 5.41) is 0. The van der Waals surface area contributed by atoms with Gasteiger partial charge >= 0.3 is 0 Å². The van der Waals surface area contributed by atoms with E-state index in [2.05, 4.69) is 36.4 Å². The van der Waals surface area contributed by atoms with Gasteiger partial charge in [-0.15, -0.1) is 0 Å². The van der Waals surface area contributed by atoms with Gasteiger partial charge in [0, 0.05) is 0 Å². The highest BCUT2D eigenvalue weighted by Crippen LogP contribution is 2.42. The van der Waals surface area contributed by atoms with E-state index in [0.29, 0.717) is 6.61 Å². The van der Waals surface area contributed by atoms with Gasteiger partial charge in [-0.1, -0.05) is 42.5 Å². The monoisotopic (exact) mass is 346 g/mol. The number of hydrogen-bond acceptors (Lipinski definition) is 3. The van der Waals surface area contributed by atoms with Gasteiger partial charge in [-0.2, -0.15) is 0 Å². The first kappa shape index (κ1) is 16.5. The molecule has 4 rings (SSSR count). The molecule has 1 aliphatic rings. The van der Waals surface area contributed by atoms with Crippen LogP contribution in [-0.4, -0.2) is 20.8 Å². The lowest BCUT2D eigenvalue weighted by molar-refractivity contribution is 0.214. The molecule has 0 saturated heterocycles. The fourth-order valence-electron chi connectivity index (χ4n) is 3.73. The molecule has 0 radical (unpaired) electrons. The molecule has 0 bridgehead atoms. The topological polar surface area (TPSA) is 27.7 Å². The maximum Gasteiger partial charge on any atom is 0.122 e. The molecule has 3 nitrogen and oxygen atoms in total. The number of para-hydroxylation sites is 1. The summed E-state index contributed by atoms with van der Waals surface area (Å²) in [6.07, 6.45) is 0.891. The Bertz CT molecular complexity index is 835. The van der Waals surface area contributed by atoms with Crippen LogP contribution in [0.2, 0.25) is 0 Å². The maximum absolute atomic E-state index is 6.20. The summed E-state index contributed by atoms with van der Waals surface area (Å²) in [5.74, 6) is 2.69. The van der Waals surface area contributed by atoms with Gasteiger partial charge in [-0.3, -0.25) is 0 Å². The van der Waals surface area contributed by atoms with Crippen molar-refractivity contribution in [1.82, 2.24) is 0 Å². The first-order valence-electron chi connectivity index (χ1n) is 8.75. The quantitative estimate of drug-likeness (QED) is 0.690. The Kier molecular flexibility index (Phi) is 4.29. The molecule has 0 unspecified atom stereocenters. The van der Waals surface area contributed by atoms with E-state index in [1.54, 1.807) is 14.2 Å². The lowest BCUT2D eigenvalue weighted by atomic mass is 9.70. The molecule has 3 heteroatoms. The zero-order valence-corrected chi connectivity index (χ0v) is 15.1. The van der Waals surface area contributed by atoms with Crippen LogP contribution in [0.15, 0.2) is 72.8 Å². The van der Waals surface area contributed by atoms with E-state index in [-0.39, 0.29) is 5.41 Å². The van der Waals surface area contributed by atoms with Gasteiger partial charge in [-0.25, -0.2) is 0 Å². The van der Waals surface area contributed by atoms with Crippen LogP contribution in [0.5, 0.6) is 17.2 Å². The number of rotatable bonds is 4. The van der Waals surface area contributed by atoms with Gasteiger partial charge in [-0.05, 0) is 53.4 Å². The van der Waals surface area contributed by atoms with Crippen LogP contribution in [0.4, 0.5) is 0 Å². The molecule has 0 atom stereocenters. The van der Waals surface area contributed by atoms with Crippen LogP contribution >= 0.6 is 0 Å². The number of methoxy groups -OCH3 is 2. The predicted molar refractivity (Wildman–Crippen MR) is 102 cm³/mol. The van der Waals surface area contributed by atoms with Crippen LogP contribution in [0.1, 0.15) is 16.7 Å². The van der Waals surface area contributed by atoms with E-state index in [1.165, 1.54) is 16.7 Å². The zero-order valence-electron chi connectivity index (χ0n) is 15.1. The Labute approximate surface area is 154 Å². The fraction of sp³-hybridized carbons (Fsp3) is 0.217. The van der Waals surface area contributed by atoms with Crippen molar-refractivity contribution in [1.29, 1.82) is 0 Å². The van der Waals surface area contributed by atoms with E-state index in [1.807, 2.05) is 36.4 Å². The van der Waals surface area contributed by atoms with Gasteiger partial charge in [0.1, 0.15) is 23.9 Å². The molecule has 0 spiro atoms. The molecule has 0 amide bonds. The van der Waals surface area contributed by atoms with Gasteiger partial charge in [0.15, 0.2) is 0 Å². The minimum absolute atomic E-state index is 0.243. The first-order valence-corrected chi connectivity index (χ1v) is 8.75. The van der Waals surface area contributed by atoms with E-state index in [0.717, 1.165) is 23.7 Å². The number of benzene rings is 3. The molecule has 1 aliphatic heterocycles. The smallest absolute Gasteiger partial charge is 0.122 e. The van der Waals surface area contributed by atoms with Crippen molar-refractivity contribution in [3.05, 3.63) is 89.5 Å². The molecule has 1 heterocycles. The average Bonchev–Trinajstić information content (AvgIpc) is 2.73. The number of fused-ring (bicyclic) bond motifs is 1. The minimum atomic E-state index is -0.243. The van der Waals surface area contributed by atoms with Crippen molar-refractivity contribution in [2.24, 2.45) is 0 Å². The van der Waals surface area contributed by atoms with Gasteiger partial charge in [0.25, 0.3) is 0 Å². The van der Waals surface area contributed by atoms with Crippen molar-refractivity contribution in [2.45, 2.75) is 11.8 Å². The molecular formula is C23H22O3. The number of hydrogen-bond donors (Lipinski definition) is 0. The van der Waals surface area contributed by atoms with E-state index < -0.39 is 0 Å². The highest BCUT2D eigenvalue weighted by Gasteiger charge is 2.39. The zero-order chi connectivity index (χ0) is 18.0. The summed E-state index contributed by atoms with van der Waals surface area (Å²) in [6, 6.07) is 24.9. The van der Waals surface area contributed by atoms with Gasteiger partial charge in [0.05, 0.1) is 19.6 Å². The van der Waals surface area contributed by atoms with Crippen LogP contribution in [0.3, 0.4) is 0 Å². The molecule has 3 aromatic carbocycles. The van der Waals surface area contributed by atoms with Gasteiger partial charge < -0.3 is 14.2 Å². The largest absolute Gasteiger partial charge is 0.497 e. The molecule has 132 valence electrons. The SMILES string of the molecule is COc1ccc(C2(c3ccc(OC)cc3)COc3ccccc3C2)cc1. The number of ether oxygens (including phenoxy) is 3. The molecular weight excluding hydrogens is 324 g/mol. The summed E-state index contributed by atoms with van der Waals surface area (Å²) in [7, 11) is 3.38. The van der Waals surface area contributed by atoms with Crippen molar-refractivity contribution in [3.8, 4) is 17.2 Å². The third-order valence-corrected chi connectivity index (χ3v) is 5.22. The molecule has 0 fully saturated rings. The predicted octanol–water partition coefficient (Wildman–Crippen LogP) is 4.63. The van der Waals surface area contributed by atoms with Crippen LogP contribution < -0.4 is 14.2 Å². The average molecular weight is 346 g/mol. The summed E-state index contributed by atoms with van der Waals surface area (Å²) in [5.41, 5.74) is 3.42. The van der Waals surface area contributed by atoms with Crippen molar-refractivity contribution in [2.75, 3.05) is 20.8 Å². The highest BCUT2D eigenvalue weighted by atomic mass is 16.5. The summed E-state index contributed by atoms with van der Waals surface area (Å²) < 4.78 is 16.9. The Hall–Kier alpha value is -2.94. The second kappa shape index (κ2) is 6.75. The normalized spacial score (nSPS) is 14.8. The Morgan fingerprint density at radius 2 is 1.27 bits per heavy atom. The van der Waals surface area contributed by atoms with Crippen LogP contribution in [0.25, 0.3) is 0 Å². The summed E-state index contributed by atoms with van der Waals surface area (Å²) in [4.78, 5) is 0. The second-order valence-corrected chi connectivity index (χ2v) is 6.61. The first-order chi connectivity index (χ1) is 12.7.